The number of terminal acetylenes is 1. The predicted molar refractivity (Wildman–Crippen MR) is 29.4 cm³/mol. The lowest BCUT2D eigenvalue weighted by Crippen LogP contribution is -2.01. The molecule has 0 aromatic heterocycles. The predicted octanol–water partition coefficient (Wildman–Crippen LogP) is 0.0985. The van der Waals surface area contributed by atoms with Crippen LogP contribution in [0.4, 0.5) is 0 Å². The number of nitriles is 1. The van der Waals surface area contributed by atoms with E-state index in [1.165, 1.54) is 6.42 Å². The molecular formula is C6H6NO. The van der Waals surface area contributed by atoms with Gasteiger partial charge < -0.3 is 5.11 Å². The van der Waals surface area contributed by atoms with Crippen molar-refractivity contribution in [2.24, 2.45) is 0 Å². The minimum atomic E-state index is -1.01. The quantitative estimate of drug-likeness (QED) is 0.402. The maximum Gasteiger partial charge on any atom is 0.144 e. The zero-order valence-electron chi connectivity index (χ0n) is 4.33. The third-order valence-electron chi connectivity index (χ3n) is 0.591. The molecule has 0 saturated heterocycles. The molecule has 0 saturated carbocycles. The van der Waals surface area contributed by atoms with Crippen LogP contribution in [0.1, 0.15) is 6.42 Å². The van der Waals surface area contributed by atoms with E-state index in [-0.39, 0.29) is 0 Å². The highest BCUT2D eigenvalue weighted by Gasteiger charge is 1.96. The molecule has 41 valence electrons. The van der Waals surface area contributed by atoms with Crippen LogP contribution in [0.5, 0.6) is 0 Å². The molecule has 1 unspecified atom stereocenters. The van der Waals surface area contributed by atoms with Crippen LogP contribution in [-0.4, -0.2) is 11.2 Å². The normalized spacial score (nSPS) is 11.4. The van der Waals surface area contributed by atoms with Crippen molar-refractivity contribution in [1.82, 2.24) is 0 Å². The monoisotopic (exact) mass is 108 g/mol. The van der Waals surface area contributed by atoms with Crippen LogP contribution >= 0.6 is 0 Å². The molecule has 0 aromatic rings. The maximum atomic E-state index is 8.48. The second kappa shape index (κ2) is 4.18. The Labute approximate surface area is 48.8 Å². The molecule has 8 heavy (non-hydrogen) atoms. The molecule has 1 N–H and O–H groups in total. The van der Waals surface area contributed by atoms with Crippen molar-refractivity contribution in [2.45, 2.75) is 12.5 Å². The Morgan fingerprint density at radius 2 is 2.50 bits per heavy atom. The number of aliphatic hydroxyl groups is 1. The van der Waals surface area contributed by atoms with Crippen molar-refractivity contribution < 1.29 is 5.11 Å². The van der Waals surface area contributed by atoms with Crippen LogP contribution in [0.15, 0.2) is 0 Å². The summed E-state index contributed by atoms with van der Waals surface area (Å²) < 4.78 is 0. The number of aliphatic hydroxyl groups excluding tert-OH is 1. The lowest BCUT2D eigenvalue weighted by molar-refractivity contribution is 0.260. The van der Waals surface area contributed by atoms with Gasteiger partial charge in [-0.15, -0.1) is 12.3 Å². The van der Waals surface area contributed by atoms with Gasteiger partial charge in [0, 0.05) is 12.8 Å². The van der Waals surface area contributed by atoms with Crippen molar-refractivity contribution in [3.05, 3.63) is 6.42 Å². The Bertz CT molecular complexity index is 128. The molecule has 0 rings (SSSR count). The van der Waals surface area contributed by atoms with Crippen LogP contribution in [0, 0.1) is 30.1 Å². The summed E-state index contributed by atoms with van der Waals surface area (Å²) >= 11 is 0. The lowest BCUT2D eigenvalue weighted by Gasteiger charge is -1.91. The fourth-order valence-electron chi connectivity index (χ4n) is 0.232. The van der Waals surface area contributed by atoms with Crippen LogP contribution in [-0.2, 0) is 0 Å². The average molecular weight is 108 g/mol. The molecule has 0 aliphatic heterocycles. The highest BCUT2D eigenvalue weighted by atomic mass is 16.3. The van der Waals surface area contributed by atoms with Gasteiger partial charge in [0.15, 0.2) is 0 Å². The summed E-state index contributed by atoms with van der Waals surface area (Å²) in [5, 5.41) is 16.4. The van der Waals surface area contributed by atoms with Crippen LogP contribution in [0.2, 0.25) is 0 Å². The van der Waals surface area contributed by atoms with Crippen molar-refractivity contribution in [3.63, 3.8) is 0 Å². The second-order valence-electron chi connectivity index (χ2n) is 1.22. The molecule has 2 nitrogen and oxygen atoms in total. The first-order chi connectivity index (χ1) is 3.81. The first kappa shape index (κ1) is 7.01. The van der Waals surface area contributed by atoms with Gasteiger partial charge in [-0.3, -0.25) is 0 Å². The van der Waals surface area contributed by atoms with E-state index in [9.17, 15) is 0 Å². The smallest absolute Gasteiger partial charge is 0.144 e. The van der Waals surface area contributed by atoms with Crippen molar-refractivity contribution >= 4 is 0 Å². The van der Waals surface area contributed by atoms with E-state index < -0.39 is 6.10 Å². The first-order valence-electron chi connectivity index (χ1n) is 2.15. The Morgan fingerprint density at radius 3 is 2.88 bits per heavy atom. The van der Waals surface area contributed by atoms with Gasteiger partial charge in [-0.25, -0.2) is 0 Å². The van der Waals surface area contributed by atoms with Crippen LogP contribution in [0.3, 0.4) is 0 Å². The molecular weight excluding hydrogens is 102 g/mol. The van der Waals surface area contributed by atoms with Gasteiger partial charge in [-0.05, 0) is 0 Å². The number of hydrogen-bond donors (Lipinski definition) is 1. The lowest BCUT2D eigenvalue weighted by atomic mass is 10.2. The highest BCUT2D eigenvalue weighted by Crippen LogP contribution is 1.89. The summed E-state index contributed by atoms with van der Waals surface area (Å²) in [6.45, 7) is 0. The van der Waals surface area contributed by atoms with Gasteiger partial charge in [0.05, 0.1) is 6.07 Å². The Hall–Kier alpha value is -0.990. The van der Waals surface area contributed by atoms with E-state index in [4.69, 9.17) is 16.8 Å². The molecule has 0 aromatic carbocycles. The van der Waals surface area contributed by atoms with E-state index in [1.807, 2.05) is 0 Å². The largest absolute Gasteiger partial charge is 0.378 e. The number of nitrogens with zero attached hydrogens (tertiary/aromatic N) is 1. The minimum Gasteiger partial charge on any atom is -0.378 e. The number of rotatable bonds is 2. The van der Waals surface area contributed by atoms with E-state index in [0.29, 0.717) is 6.42 Å². The van der Waals surface area contributed by atoms with E-state index in [2.05, 4.69) is 5.92 Å². The van der Waals surface area contributed by atoms with Gasteiger partial charge >= 0.3 is 0 Å². The SMILES string of the molecule is C#CC[CH]C(O)C#N. The van der Waals surface area contributed by atoms with Gasteiger partial charge in [0.25, 0.3) is 0 Å². The summed E-state index contributed by atoms with van der Waals surface area (Å²) in [5.74, 6) is 2.27. The number of hydrogen-bond acceptors (Lipinski definition) is 2. The first-order valence-corrected chi connectivity index (χ1v) is 2.15. The fraction of sp³-hybridized carbons (Fsp3) is 0.333. The summed E-state index contributed by atoms with van der Waals surface area (Å²) in [7, 11) is 0. The third kappa shape index (κ3) is 3.21. The molecule has 0 aliphatic carbocycles. The van der Waals surface area contributed by atoms with Crippen LogP contribution in [0.25, 0.3) is 0 Å². The highest BCUT2D eigenvalue weighted by molar-refractivity contribution is 5.00. The van der Waals surface area contributed by atoms with Crippen molar-refractivity contribution in [1.29, 1.82) is 5.26 Å². The van der Waals surface area contributed by atoms with E-state index >= 15 is 0 Å². The zero-order valence-corrected chi connectivity index (χ0v) is 4.33. The minimum absolute atomic E-state index is 0.342. The summed E-state index contributed by atoms with van der Waals surface area (Å²) in [5.41, 5.74) is 0. The molecule has 0 bridgehead atoms. The molecule has 1 atom stereocenters. The second-order valence-corrected chi connectivity index (χ2v) is 1.22. The molecule has 0 fully saturated rings. The van der Waals surface area contributed by atoms with Gasteiger partial charge in [-0.1, -0.05) is 0 Å². The Morgan fingerprint density at radius 1 is 1.88 bits per heavy atom. The standard InChI is InChI=1S/C6H6NO/c1-2-3-4-6(8)5-7/h1,4,6,8H,3H2. The molecule has 0 aliphatic rings. The van der Waals surface area contributed by atoms with Gasteiger partial charge in [0.1, 0.15) is 6.10 Å². The summed E-state index contributed by atoms with van der Waals surface area (Å²) in [4.78, 5) is 0. The molecule has 0 heterocycles. The topological polar surface area (TPSA) is 44.0 Å². The van der Waals surface area contributed by atoms with Crippen LogP contribution < -0.4 is 0 Å². The average Bonchev–Trinajstić information content (AvgIpc) is 1.83. The van der Waals surface area contributed by atoms with Gasteiger partial charge in [-0.2, -0.15) is 5.26 Å². The summed E-state index contributed by atoms with van der Waals surface area (Å²) in [6, 6.07) is 1.60. The molecule has 0 amide bonds. The Balaban J connectivity index is 3.18. The fourth-order valence-corrected chi connectivity index (χ4v) is 0.232. The Kier molecular flexibility index (Phi) is 3.66. The van der Waals surface area contributed by atoms with Crippen molar-refractivity contribution in [3.8, 4) is 18.4 Å². The molecule has 1 radical (unpaired) electrons. The van der Waals surface area contributed by atoms with E-state index in [0.717, 1.165) is 0 Å². The zero-order chi connectivity index (χ0) is 6.41. The van der Waals surface area contributed by atoms with E-state index in [1.54, 1.807) is 6.07 Å². The molecule has 0 spiro atoms. The molecule has 2 heteroatoms. The summed E-state index contributed by atoms with van der Waals surface area (Å²) in [6.07, 6.45) is 5.52. The third-order valence-corrected chi connectivity index (χ3v) is 0.591. The maximum absolute atomic E-state index is 8.48. The van der Waals surface area contributed by atoms with Gasteiger partial charge in [0.2, 0.25) is 0 Å². The van der Waals surface area contributed by atoms with Crippen molar-refractivity contribution in [2.75, 3.05) is 0 Å².